The van der Waals surface area contributed by atoms with E-state index in [-0.39, 0.29) is 11.5 Å². The lowest BCUT2D eigenvalue weighted by molar-refractivity contribution is 0.316. The monoisotopic (exact) mass is 1850 g/mol. The molecule has 0 spiro atoms. The van der Waals surface area contributed by atoms with Gasteiger partial charge in [0, 0.05) is 156 Å². The zero-order valence-electron chi connectivity index (χ0n) is 70.9. The van der Waals surface area contributed by atoms with Gasteiger partial charge >= 0.3 is 0 Å². The van der Waals surface area contributed by atoms with E-state index in [0.29, 0.717) is 37.4 Å². The zero-order valence-corrected chi connectivity index (χ0v) is 75.7. The van der Waals surface area contributed by atoms with Crippen LogP contribution in [0.15, 0.2) is 239 Å². The molecule has 4 aliphatic carbocycles. The van der Waals surface area contributed by atoms with Gasteiger partial charge in [-0.05, 0) is 389 Å². The van der Waals surface area contributed by atoms with E-state index in [1.165, 1.54) is 171 Å². The van der Waals surface area contributed by atoms with Crippen molar-refractivity contribution in [2.24, 2.45) is 5.41 Å². The molecule has 0 atom stereocenters. The van der Waals surface area contributed by atoms with E-state index in [4.69, 9.17) is 14.2 Å². The molecule has 8 N–H and O–H groups in total. The van der Waals surface area contributed by atoms with Crippen LogP contribution in [0.3, 0.4) is 0 Å². The van der Waals surface area contributed by atoms with Gasteiger partial charge in [-0.3, -0.25) is 24.9 Å². The van der Waals surface area contributed by atoms with Gasteiger partial charge in [0.15, 0.2) is 11.5 Å². The maximum atomic E-state index is 10.1. The molecule has 24 rings (SSSR count). The molecule has 19 heteroatoms. The number of aryl methyl sites for hydroxylation is 5. The number of fused-ring (bicyclic) bond motifs is 23. The Hall–Kier alpha value is -12.8. The number of phenols is 3. The lowest BCUT2D eigenvalue weighted by atomic mass is 9.72. The van der Waals surface area contributed by atoms with E-state index in [9.17, 15) is 15.3 Å². The predicted molar refractivity (Wildman–Crippen MR) is 523 cm³/mol. The molecule has 0 unspecified atom stereocenters. The van der Waals surface area contributed by atoms with Crippen molar-refractivity contribution in [3.63, 3.8) is 0 Å². The lowest BCUT2D eigenvalue weighted by Crippen LogP contribution is -2.23. The minimum absolute atomic E-state index is 0.230. The normalized spacial score (nSPS) is 13.9. The largest absolute Gasteiger partial charge is 0.508 e. The van der Waals surface area contributed by atoms with Crippen LogP contribution in [-0.2, 0) is 51.4 Å². The summed E-state index contributed by atoms with van der Waals surface area (Å²) in [6.45, 7) is 6.82. The number of methoxy groups -OCH3 is 3. The summed E-state index contributed by atoms with van der Waals surface area (Å²) in [5.74, 6) is 2.74. The summed E-state index contributed by atoms with van der Waals surface area (Å²) in [5.41, 5.74) is 35.4. The first-order valence-electron chi connectivity index (χ1n) is 43.3. The average Bonchev–Trinajstić information content (AvgIpc) is 1.04. The summed E-state index contributed by atoms with van der Waals surface area (Å²) >= 11 is 10.5. The fourth-order valence-electron chi connectivity index (χ4n) is 20.1. The standard InChI is InChI=1S/C24H24N2O3.C23H22N2O.C21H16Br2N2O.C21H17BrN2.C18H14N2O/c1-27-20-12-14(13-21(28-2)24(20)29-3)23-16-7-5-4-6-15(16)22-17-10-11-25-18(17)8-9-19(22)26-23;1-23(2)11-9-16-18(13-23)22(14-3-5-15(26)6-4-14)25-20-8-7-19-17(21(16)20)10-12-24-19;22-15-9-11(10-16(23)21(15)26)20-13-4-2-1-3-12(13)19-14-7-8-24-17(14)5-6-18(19)25-20;22-14-7-5-13(6-8-14)21-16-4-2-1-3-15(16)20-17-11-12-23-18(17)9-10-19(20)24-21;1-11-10-17(12-2-4-13(21)5-3-12)20-16-7-6-15-14(18(11)16)8-9-19-15/h8-13,26H,4-7H2,1-3H3;3-8,10,12,25-26H,9,11,13H2,1-2H3;5-10,25-26H,1-4H2;5-12,24H,1-4H2;2-10,20-21H,1H3. The first-order chi connectivity index (χ1) is 61.4. The van der Waals surface area contributed by atoms with Crippen LogP contribution in [0.1, 0.15) is 109 Å². The number of nitrogens with one attached hydrogen (secondary N) is 5. The topological polar surface area (TPSA) is 232 Å². The van der Waals surface area contributed by atoms with Crippen LogP contribution in [0.5, 0.6) is 34.5 Å². The van der Waals surface area contributed by atoms with Crippen LogP contribution >= 0.6 is 47.8 Å². The Morgan fingerprint density at radius 2 is 0.651 bits per heavy atom. The Kier molecular flexibility index (Phi) is 22.0. The third-order valence-corrected chi connectivity index (χ3v) is 27.8. The number of benzene rings is 10. The second-order valence-electron chi connectivity index (χ2n) is 34.3. The molecular weight excluding hydrogens is 1760 g/mol. The van der Waals surface area contributed by atoms with E-state index in [0.717, 1.165) is 145 Å². The number of aromatic nitrogens is 10. The minimum atomic E-state index is 0.230. The minimum Gasteiger partial charge on any atom is -0.508 e. The number of halogens is 3. The van der Waals surface area contributed by atoms with Crippen molar-refractivity contribution in [3.05, 3.63) is 289 Å². The van der Waals surface area contributed by atoms with Crippen molar-refractivity contribution < 1.29 is 29.5 Å². The number of phenolic OH excluding ortho intramolecular Hbond substituents is 3. The van der Waals surface area contributed by atoms with Crippen LogP contribution in [0.2, 0.25) is 0 Å². The second-order valence-corrected chi connectivity index (χ2v) is 36.9. The predicted octanol–water partition coefficient (Wildman–Crippen LogP) is 27.8. The summed E-state index contributed by atoms with van der Waals surface area (Å²) < 4.78 is 19.2. The van der Waals surface area contributed by atoms with Gasteiger partial charge in [0.1, 0.15) is 17.2 Å². The quantitative estimate of drug-likeness (QED) is 0.0713. The molecule has 0 radical (unpaired) electrons. The number of H-pyrrole nitrogens is 5. The van der Waals surface area contributed by atoms with Crippen molar-refractivity contribution in [2.45, 2.75) is 117 Å². The number of ether oxygens (including phenoxy) is 3. The van der Waals surface area contributed by atoms with E-state index in [2.05, 4.69) is 234 Å². The van der Waals surface area contributed by atoms with Crippen LogP contribution in [0.4, 0.5) is 0 Å². The second kappa shape index (κ2) is 33.9. The number of hydrogen-bond acceptors (Lipinski definition) is 11. The molecule has 10 heterocycles. The third kappa shape index (κ3) is 15.2. The van der Waals surface area contributed by atoms with Crippen molar-refractivity contribution in [1.29, 1.82) is 0 Å². The van der Waals surface area contributed by atoms with Gasteiger partial charge < -0.3 is 54.5 Å². The Morgan fingerprint density at radius 3 is 1.03 bits per heavy atom. The van der Waals surface area contributed by atoms with E-state index >= 15 is 0 Å². The molecule has 4 aliphatic rings. The molecular formula is C107H93Br3N10O6. The molecule has 126 heavy (non-hydrogen) atoms. The molecule has 0 bridgehead atoms. The number of aromatic hydroxyl groups is 3. The Balaban J connectivity index is 0.0000000997. The van der Waals surface area contributed by atoms with E-state index in [1.54, 1.807) is 45.6 Å². The molecule has 628 valence electrons. The molecule has 0 aliphatic heterocycles. The Bertz CT molecular complexity index is 7610. The summed E-state index contributed by atoms with van der Waals surface area (Å²) in [7, 11) is 4.93. The molecule has 0 saturated carbocycles. The van der Waals surface area contributed by atoms with Gasteiger partial charge in [-0.15, -0.1) is 0 Å². The lowest BCUT2D eigenvalue weighted by Gasteiger charge is -2.33. The van der Waals surface area contributed by atoms with Crippen molar-refractivity contribution in [3.8, 4) is 90.8 Å². The van der Waals surface area contributed by atoms with Gasteiger partial charge in [0.05, 0.1) is 57.9 Å². The van der Waals surface area contributed by atoms with Gasteiger partial charge in [0.25, 0.3) is 0 Å². The van der Waals surface area contributed by atoms with E-state index in [1.807, 2.05) is 85.6 Å². The fourth-order valence-corrected chi connectivity index (χ4v) is 21.6. The van der Waals surface area contributed by atoms with Crippen LogP contribution in [0, 0.1) is 12.3 Å². The maximum Gasteiger partial charge on any atom is 0.203 e. The highest BCUT2D eigenvalue weighted by Crippen LogP contribution is 2.49. The summed E-state index contributed by atoms with van der Waals surface area (Å²) in [6, 6.07) is 65.2. The summed E-state index contributed by atoms with van der Waals surface area (Å²) in [4.78, 5) is 40.6. The van der Waals surface area contributed by atoms with Gasteiger partial charge in [-0.2, -0.15) is 0 Å². The molecule has 0 amide bonds. The number of nitrogens with zero attached hydrogens (tertiary/aromatic N) is 5. The Morgan fingerprint density at radius 1 is 0.325 bits per heavy atom. The smallest absolute Gasteiger partial charge is 0.203 e. The van der Waals surface area contributed by atoms with Crippen LogP contribution in [-0.4, -0.2) is 86.5 Å². The van der Waals surface area contributed by atoms with Crippen LogP contribution < -0.4 is 14.2 Å². The summed E-state index contributed by atoms with van der Waals surface area (Å²) in [5, 5.41) is 41.9. The van der Waals surface area contributed by atoms with Crippen molar-refractivity contribution in [2.75, 3.05) is 21.3 Å². The SMILES string of the molecule is Brc1ccc(-c2[nH]c3ccc4nccc4c3c3c2CCCC3)cc1.CC1(C)CCc2c(c(-c3ccc(O)cc3)[nH]c3ccc4nccc4c23)C1.COc1cc(-c2[nH]c3ccc4nccc4c3c3c2CCCC3)cc(OC)c1OC.Cc1cc(-c2ccc(O)cc2)[nH]c2ccc3nccc3c12.Oc1c(Br)cc(-c2[nH]c3ccc4nccc4c3c3c2CCCC3)cc1Br. The fraction of sp³-hybridized carbons (Fsp3) is 0.206. The average molecular weight is 1850 g/mol. The Labute approximate surface area is 753 Å². The molecule has 0 fully saturated rings. The number of hydrogen-bond donors (Lipinski definition) is 8. The van der Waals surface area contributed by atoms with Crippen molar-refractivity contribution >= 4 is 157 Å². The number of aromatic amines is 5. The third-order valence-electron chi connectivity index (χ3n) is 26.1. The van der Waals surface area contributed by atoms with Crippen LogP contribution in [0.25, 0.3) is 165 Å². The van der Waals surface area contributed by atoms with Gasteiger partial charge in [-0.1, -0.05) is 41.9 Å². The molecule has 16 nitrogen and oxygen atoms in total. The maximum absolute atomic E-state index is 10.1. The van der Waals surface area contributed by atoms with E-state index < -0.39 is 0 Å². The van der Waals surface area contributed by atoms with Gasteiger partial charge in [0.2, 0.25) is 5.75 Å². The number of rotatable bonds is 8. The van der Waals surface area contributed by atoms with Gasteiger partial charge in [-0.25, -0.2) is 0 Å². The first kappa shape index (κ1) is 81.5. The first-order valence-corrected chi connectivity index (χ1v) is 45.7. The molecule has 10 aromatic heterocycles. The zero-order chi connectivity index (χ0) is 86.2. The number of pyridine rings is 5. The molecule has 10 aromatic carbocycles. The summed E-state index contributed by atoms with van der Waals surface area (Å²) in [6.07, 6.45) is 26.8. The highest BCUT2D eigenvalue weighted by molar-refractivity contribution is 9.11. The van der Waals surface area contributed by atoms with Crippen molar-refractivity contribution in [1.82, 2.24) is 49.8 Å². The molecule has 0 saturated heterocycles. The molecule has 20 aromatic rings. The highest BCUT2D eigenvalue weighted by Gasteiger charge is 2.32. The highest BCUT2D eigenvalue weighted by atomic mass is 79.9.